The van der Waals surface area contributed by atoms with E-state index < -0.39 is 0 Å². The van der Waals surface area contributed by atoms with Gasteiger partial charge >= 0.3 is 0 Å². The molecule has 0 aromatic heterocycles. The number of carbonyl (C=O) groups is 2. The zero-order chi connectivity index (χ0) is 18.4. The van der Waals surface area contributed by atoms with Crippen molar-refractivity contribution in [3.8, 4) is 0 Å². The molecule has 2 aliphatic rings. The van der Waals surface area contributed by atoms with Crippen LogP contribution in [-0.2, 0) is 16.0 Å². The summed E-state index contributed by atoms with van der Waals surface area (Å²) in [6.45, 7) is 4.57. The third kappa shape index (κ3) is 6.22. The first-order chi connectivity index (χ1) is 12.6. The average Bonchev–Trinajstić information content (AvgIpc) is 2.69. The van der Waals surface area contributed by atoms with E-state index in [1.165, 1.54) is 5.56 Å². The average molecular weight is 394 g/mol. The Balaban J connectivity index is 0.00000261. The lowest BCUT2D eigenvalue weighted by Gasteiger charge is -2.35. The standard InChI is InChI=1S/C21H31N3O2.ClH/c1-16-19(8-5-13-22-16)23-21(26)18-11-14-24(15-12-18)20(25)10-9-17-6-3-2-4-7-17;/h2-4,6-7,16,18-19,22H,5,8-15H2,1H3,(H,23,26);1H. The summed E-state index contributed by atoms with van der Waals surface area (Å²) < 4.78 is 0. The summed E-state index contributed by atoms with van der Waals surface area (Å²) in [5, 5.41) is 6.65. The maximum atomic E-state index is 12.6. The second kappa shape index (κ2) is 10.7. The Kier molecular flexibility index (Phi) is 8.58. The summed E-state index contributed by atoms with van der Waals surface area (Å²) in [4.78, 5) is 26.9. The van der Waals surface area contributed by atoms with Gasteiger partial charge in [-0.1, -0.05) is 30.3 Å². The lowest BCUT2D eigenvalue weighted by atomic mass is 9.93. The van der Waals surface area contributed by atoms with Crippen molar-refractivity contribution in [2.75, 3.05) is 19.6 Å². The monoisotopic (exact) mass is 393 g/mol. The predicted octanol–water partition coefficient (Wildman–Crippen LogP) is 2.54. The molecule has 2 unspecified atom stereocenters. The number of aryl methyl sites for hydroxylation is 1. The Labute approximate surface area is 168 Å². The van der Waals surface area contributed by atoms with Gasteiger partial charge in [-0.15, -0.1) is 12.4 Å². The smallest absolute Gasteiger partial charge is 0.223 e. The molecule has 0 saturated carbocycles. The molecule has 1 aromatic rings. The Morgan fingerprint density at radius 1 is 1.15 bits per heavy atom. The topological polar surface area (TPSA) is 61.4 Å². The van der Waals surface area contributed by atoms with Crippen LogP contribution in [0.15, 0.2) is 30.3 Å². The van der Waals surface area contributed by atoms with Gasteiger partial charge in [0.15, 0.2) is 0 Å². The number of piperidine rings is 2. The Morgan fingerprint density at radius 3 is 2.52 bits per heavy atom. The second-order valence-corrected chi connectivity index (χ2v) is 7.64. The van der Waals surface area contributed by atoms with Gasteiger partial charge in [-0.3, -0.25) is 9.59 Å². The van der Waals surface area contributed by atoms with Crippen molar-refractivity contribution in [2.24, 2.45) is 5.92 Å². The Morgan fingerprint density at radius 2 is 1.85 bits per heavy atom. The number of benzene rings is 1. The van der Waals surface area contributed by atoms with Crippen LogP contribution in [0.2, 0.25) is 0 Å². The van der Waals surface area contributed by atoms with Gasteiger partial charge in [0.2, 0.25) is 11.8 Å². The fourth-order valence-corrected chi connectivity index (χ4v) is 3.99. The van der Waals surface area contributed by atoms with Crippen LogP contribution in [-0.4, -0.2) is 48.4 Å². The number of hydrogen-bond acceptors (Lipinski definition) is 3. The summed E-state index contributed by atoms with van der Waals surface area (Å²) in [7, 11) is 0. The zero-order valence-corrected chi connectivity index (χ0v) is 17.0. The van der Waals surface area contributed by atoms with Crippen molar-refractivity contribution in [3.05, 3.63) is 35.9 Å². The molecule has 2 N–H and O–H groups in total. The highest BCUT2D eigenvalue weighted by Crippen LogP contribution is 2.20. The first-order valence-corrected chi connectivity index (χ1v) is 9.99. The lowest BCUT2D eigenvalue weighted by molar-refractivity contribution is -0.135. The highest BCUT2D eigenvalue weighted by atomic mass is 35.5. The van der Waals surface area contributed by atoms with Crippen molar-refractivity contribution in [3.63, 3.8) is 0 Å². The minimum absolute atomic E-state index is 0. The lowest BCUT2D eigenvalue weighted by Crippen LogP contribution is -2.54. The normalized spacial score (nSPS) is 23.4. The van der Waals surface area contributed by atoms with E-state index in [9.17, 15) is 9.59 Å². The fourth-order valence-electron chi connectivity index (χ4n) is 3.99. The van der Waals surface area contributed by atoms with Gasteiger partial charge in [0, 0.05) is 37.5 Å². The summed E-state index contributed by atoms with van der Waals surface area (Å²) in [6.07, 6.45) is 5.05. The van der Waals surface area contributed by atoms with Crippen molar-refractivity contribution in [1.82, 2.24) is 15.5 Å². The molecule has 2 amide bonds. The van der Waals surface area contributed by atoms with Gasteiger partial charge in [-0.05, 0) is 51.1 Å². The van der Waals surface area contributed by atoms with Crippen LogP contribution in [0.25, 0.3) is 0 Å². The van der Waals surface area contributed by atoms with Crippen LogP contribution in [0, 0.1) is 5.92 Å². The van der Waals surface area contributed by atoms with Gasteiger partial charge in [0.25, 0.3) is 0 Å². The molecule has 2 aliphatic heterocycles. The van der Waals surface area contributed by atoms with Crippen LogP contribution in [0.5, 0.6) is 0 Å². The summed E-state index contributed by atoms with van der Waals surface area (Å²) >= 11 is 0. The maximum absolute atomic E-state index is 12.6. The molecule has 150 valence electrons. The van der Waals surface area contributed by atoms with E-state index in [1.807, 2.05) is 23.1 Å². The first-order valence-electron chi connectivity index (χ1n) is 9.99. The molecule has 1 aromatic carbocycles. The Bertz CT molecular complexity index is 603. The minimum Gasteiger partial charge on any atom is -0.352 e. The number of likely N-dealkylation sites (tertiary alicyclic amines) is 1. The molecule has 6 heteroatoms. The van der Waals surface area contributed by atoms with E-state index in [0.29, 0.717) is 25.6 Å². The highest BCUT2D eigenvalue weighted by Gasteiger charge is 2.30. The number of halogens is 1. The van der Waals surface area contributed by atoms with E-state index >= 15 is 0 Å². The predicted molar refractivity (Wildman–Crippen MR) is 110 cm³/mol. The number of rotatable bonds is 5. The summed E-state index contributed by atoms with van der Waals surface area (Å²) in [5.74, 6) is 0.419. The summed E-state index contributed by atoms with van der Waals surface area (Å²) in [6, 6.07) is 10.7. The number of nitrogens with zero attached hydrogens (tertiary/aromatic N) is 1. The number of carbonyl (C=O) groups excluding carboxylic acids is 2. The minimum atomic E-state index is 0. The Hall–Kier alpha value is -1.59. The molecule has 0 bridgehead atoms. The van der Waals surface area contributed by atoms with E-state index in [1.54, 1.807) is 0 Å². The van der Waals surface area contributed by atoms with Crippen molar-refractivity contribution in [2.45, 2.75) is 57.5 Å². The maximum Gasteiger partial charge on any atom is 0.223 e. The number of amides is 2. The van der Waals surface area contributed by atoms with Crippen molar-refractivity contribution in [1.29, 1.82) is 0 Å². The van der Waals surface area contributed by atoms with Gasteiger partial charge in [0.05, 0.1) is 0 Å². The molecule has 0 radical (unpaired) electrons. The molecule has 5 nitrogen and oxygen atoms in total. The molecule has 0 spiro atoms. The molecular weight excluding hydrogens is 362 g/mol. The molecule has 2 saturated heterocycles. The largest absolute Gasteiger partial charge is 0.352 e. The van der Waals surface area contributed by atoms with Crippen molar-refractivity contribution < 1.29 is 9.59 Å². The molecule has 0 aliphatic carbocycles. The fraction of sp³-hybridized carbons (Fsp3) is 0.619. The van der Waals surface area contributed by atoms with Gasteiger partial charge < -0.3 is 15.5 Å². The van der Waals surface area contributed by atoms with Crippen LogP contribution in [0.4, 0.5) is 0 Å². The van der Waals surface area contributed by atoms with Crippen LogP contribution >= 0.6 is 12.4 Å². The molecule has 2 heterocycles. The highest BCUT2D eigenvalue weighted by molar-refractivity contribution is 5.85. The molecule has 3 rings (SSSR count). The van der Waals surface area contributed by atoms with E-state index in [4.69, 9.17) is 0 Å². The van der Waals surface area contributed by atoms with Gasteiger partial charge in [0.1, 0.15) is 0 Å². The molecule has 27 heavy (non-hydrogen) atoms. The number of nitrogens with one attached hydrogen (secondary N) is 2. The molecule has 2 fully saturated rings. The quantitative estimate of drug-likeness (QED) is 0.808. The molecular formula is C21H32ClN3O2. The van der Waals surface area contributed by atoms with E-state index in [2.05, 4.69) is 29.7 Å². The second-order valence-electron chi connectivity index (χ2n) is 7.64. The zero-order valence-electron chi connectivity index (χ0n) is 16.2. The van der Waals surface area contributed by atoms with Crippen molar-refractivity contribution >= 4 is 24.2 Å². The number of hydrogen-bond donors (Lipinski definition) is 2. The summed E-state index contributed by atoms with van der Waals surface area (Å²) in [5.41, 5.74) is 1.20. The third-order valence-corrected chi connectivity index (χ3v) is 5.78. The van der Waals surface area contributed by atoms with E-state index in [-0.39, 0.29) is 36.2 Å². The van der Waals surface area contributed by atoms with Crippen LogP contribution in [0.1, 0.15) is 44.6 Å². The third-order valence-electron chi connectivity index (χ3n) is 5.78. The van der Waals surface area contributed by atoms with Crippen LogP contribution < -0.4 is 10.6 Å². The first kappa shape index (κ1) is 21.7. The van der Waals surface area contributed by atoms with Gasteiger partial charge in [-0.25, -0.2) is 0 Å². The van der Waals surface area contributed by atoms with Crippen LogP contribution in [0.3, 0.4) is 0 Å². The van der Waals surface area contributed by atoms with Gasteiger partial charge in [-0.2, -0.15) is 0 Å². The van der Waals surface area contributed by atoms with E-state index in [0.717, 1.165) is 38.6 Å². The molecule has 2 atom stereocenters. The SMILES string of the molecule is CC1NCCCC1NC(=O)C1CCN(C(=O)CCc2ccccc2)CC1.Cl.